The van der Waals surface area contributed by atoms with Crippen LogP contribution in [0.1, 0.15) is 18.5 Å². The Morgan fingerprint density at radius 3 is 2.75 bits per heavy atom. The summed E-state index contributed by atoms with van der Waals surface area (Å²) in [6, 6.07) is 9.54. The van der Waals surface area contributed by atoms with Crippen molar-refractivity contribution >= 4 is 38.8 Å². The van der Waals surface area contributed by atoms with Gasteiger partial charge in [-0.2, -0.15) is 0 Å². The molecule has 0 fully saturated rings. The predicted molar refractivity (Wildman–Crippen MR) is 110 cm³/mol. The number of halogens is 1. The Morgan fingerprint density at radius 1 is 1.25 bits per heavy atom. The van der Waals surface area contributed by atoms with Gasteiger partial charge in [0.25, 0.3) is 5.56 Å². The van der Waals surface area contributed by atoms with Crippen molar-refractivity contribution in [2.24, 2.45) is 0 Å². The maximum Gasteiger partial charge on any atom is 0.263 e. The van der Waals surface area contributed by atoms with Crippen molar-refractivity contribution in [1.82, 2.24) is 14.9 Å². The van der Waals surface area contributed by atoms with Gasteiger partial charge >= 0.3 is 0 Å². The Kier molecular flexibility index (Phi) is 5.06. The molecular weight excluding hydrogens is 397 g/mol. The van der Waals surface area contributed by atoms with Crippen LogP contribution in [0.3, 0.4) is 0 Å². The fraction of sp³-hybridized carbons (Fsp3) is 0.150. The van der Waals surface area contributed by atoms with E-state index in [1.807, 2.05) is 29.8 Å². The summed E-state index contributed by atoms with van der Waals surface area (Å²) in [6.07, 6.45) is 1.40. The van der Waals surface area contributed by atoms with Crippen molar-refractivity contribution in [1.29, 1.82) is 0 Å². The third-order valence-electron chi connectivity index (χ3n) is 4.41. The first-order valence-corrected chi connectivity index (χ1v) is 10.3. The zero-order chi connectivity index (χ0) is 19.7. The molecule has 28 heavy (non-hydrogen) atoms. The Hall–Kier alpha value is -2.84. The summed E-state index contributed by atoms with van der Waals surface area (Å²) < 4.78 is 14.4. The van der Waals surface area contributed by atoms with Gasteiger partial charge < -0.3 is 5.32 Å². The van der Waals surface area contributed by atoms with Crippen LogP contribution >= 0.6 is 22.7 Å². The molecule has 1 aromatic carbocycles. The van der Waals surface area contributed by atoms with Crippen LogP contribution in [-0.4, -0.2) is 15.5 Å². The van der Waals surface area contributed by atoms with Crippen molar-refractivity contribution in [3.05, 3.63) is 75.2 Å². The van der Waals surface area contributed by atoms with E-state index in [2.05, 4.69) is 10.3 Å². The largest absolute Gasteiger partial charge is 0.348 e. The first-order chi connectivity index (χ1) is 13.5. The molecular formula is C20H16FN3O2S2. The molecule has 4 rings (SSSR count). The van der Waals surface area contributed by atoms with Gasteiger partial charge in [-0.15, -0.1) is 22.7 Å². The number of fused-ring (bicyclic) bond motifs is 1. The molecule has 0 aliphatic rings. The first kappa shape index (κ1) is 18.5. The average molecular weight is 413 g/mol. The van der Waals surface area contributed by atoms with Crippen LogP contribution in [0.2, 0.25) is 0 Å². The second-order valence-corrected chi connectivity index (χ2v) is 8.13. The van der Waals surface area contributed by atoms with E-state index in [1.165, 1.54) is 34.4 Å². The normalized spacial score (nSPS) is 12.2. The van der Waals surface area contributed by atoms with Crippen LogP contribution in [0.5, 0.6) is 0 Å². The number of carbonyl (C=O) groups is 1. The molecule has 8 heteroatoms. The molecule has 142 valence electrons. The van der Waals surface area contributed by atoms with Crippen molar-refractivity contribution in [2.75, 3.05) is 0 Å². The number of benzene rings is 1. The average Bonchev–Trinajstić information content (AvgIpc) is 3.34. The van der Waals surface area contributed by atoms with Gasteiger partial charge in [0.2, 0.25) is 5.91 Å². The lowest BCUT2D eigenvalue weighted by Crippen LogP contribution is -2.33. The van der Waals surface area contributed by atoms with E-state index in [4.69, 9.17) is 0 Å². The molecule has 0 aliphatic carbocycles. The van der Waals surface area contributed by atoms with Crippen molar-refractivity contribution in [3.8, 4) is 10.4 Å². The smallest absolute Gasteiger partial charge is 0.263 e. The Morgan fingerprint density at radius 2 is 2.04 bits per heavy atom. The molecule has 0 spiro atoms. The van der Waals surface area contributed by atoms with Crippen LogP contribution < -0.4 is 10.9 Å². The van der Waals surface area contributed by atoms with Crippen molar-refractivity contribution in [2.45, 2.75) is 19.5 Å². The van der Waals surface area contributed by atoms with Gasteiger partial charge in [0, 0.05) is 15.8 Å². The number of aromatic nitrogens is 2. The molecule has 5 nitrogen and oxygen atoms in total. The van der Waals surface area contributed by atoms with Gasteiger partial charge in [-0.25, -0.2) is 9.37 Å². The summed E-state index contributed by atoms with van der Waals surface area (Å²) in [5, 5.41) is 7.25. The quantitative estimate of drug-likeness (QED) is 0.533. The molecule has 4 aromatic rings. The Labute approximate surface area is 168 Å². The molecule has 0 aliphatic heterocycles. The predicted octanol–water partition coefficient (Wildman–Crippen LogP) is 4.20. The van der Waals surface area contributed by atoms with Crippen LogP contribution in [0, 0.1) is 5.82 Å². The molecule has 1 atom stereocenters. The Balaban J connectivity index is 1.57. The molecule has 1 N–H and O–H groups in total. The van der Waals surface area contributed by atoms with E-state index in [-0.39, 0.29) is 29.9 Å². The van der Waals surface area contributed by atoms with E-state index < -0.39 is 0 Å². The minimum atomic E-state index is -0.328. The fourth-order valence-electron chi connectivity index (χ4n) is 2.97. The van der Waals surface area contributed by atoms with E-state index in [9.17, 15) is 14.0 Å². The van der Waals surface area contributed by atoms with Crippen molar-refractivity contribution < 1.29 is 9.18 Å². The molecule has 0 bridgehead atoms. The summed E-state index contributed by atoms with van der Waals surface area (Å²) >= 11 is 2.97. The number of nitrogens with one attached hydrogen (secondary N) is 1. The molecule has 0 radical (unpaired) electrons. The number of amides is 1. The molecule has 0 saturated heterocycles. The summed E-state index contributed by atoms with van der Waals surface area (Å²) in [7, 11) is 0. The van der Waals surface area contributed by atoms with Gasteiger partial charge in [-0.05, 0) is 36.1 Å². The molecule has 0 saturated carbocycles. The first-order valence-electron chi connectivity index (χ1n) is 8.58. The van der Waals surface area contributed by atoms with Crippen LogP contribution in [0.15, 0.2) is 58.3 Å². The standard InChI is InChI=1S/C20H16FN3O2S2/c1-12(13-4-6-14(21)7-5-13)23-17(25)9-24-11-22-19-18(20(24)26)15(10-28-19)16-3-2-8-27-16/h2-8,10-12H,9H2,1H3,(H,23,25). The molecule has 1 unspecified atom stereocenters. The number of thiophene rings is 2. The summed E-state index contributed by atoms with van der Waals surface area (Å²) in [5.41, 5.74) is 1.40. The van der Waals surface area contributed by atoms with Gasteiger partial charge in [0.15, 0.2) is 0 Å². The highest BCUT2D eigenvalue weighted by atomic mass is 32.1. The van der Waals surface area contributed by atoms with E-state index in [0.717, 1.165) is 16.0 Å². The topological polar surface area (TPSA) is 64.0 Å². The van der Waals surface area contributed by atoms with E-state index in [1.54, 1.807) is 23.5 Å². The minimum Gasteiger partial charge on any atom is -0.348 e. The van der Waals surface area contributed by atoms with E-state index in [0.29, 0.717) is 10.2 Å². The second kappa shape index (κ2) is 7.65. The Bertz CT molecular complexity index is 1180. The summed E-state index contributed by atoms with van der Waals surface area (Å²) in [4.78, 5) is 31.4. The lowest BCUT2D eigenvalue weighted by atomic mass is 10.1. The van der Waals surface area contributed by atoms with Gasteiger partial charge in [0.05, 0.1) is 17.8 Å². The highest BCUT2D eigenvalue weighted by Crippen LogP contribution is 2.33. The van der Waals surface area contributed by atoms with Gasteiger partial charge in [-0.1, -0.05) is 18.2 Å². The SMILES string of the molecule is CC(NC(=O)Cn1cnc2scc(-c3cccs3)c2c1=O)c1ccc(F)cc1. The molecule has 1 amide bonds. The minimum absolute atomic E-state index is 0.132. The third kappa shape index (κ3) is 3.61. The number of hydrogen-bond donors (Lipinski definition) is 1. The highest BCUT2D eigenvalue weighted by Gasteiger charge is 2.16. The van der Waals surface area contributed by atoms with Crippen LogP contribution in [0.25, 0.3) is 20.7 Å². The number of carbonyl (C=O) groups excluding carboxylic acids is 1. The maximum absolute atomic E-state index is 13.0. The number of nitrogens with zero attached hydrogens (tertiary/aromatic N) is 2. The summed E-state index contributed by atoms with van der Waals surface area (Å²) in [5.74, 6) is -0.640. The van der Waals surface area contributed by atoms with E-state index >= 15 is 0 Å². The van der Waals surface area contributed by atoms with Crippen LogP contribution in [0.4, 0.5) is 4.39 Å². The monoisotopic (exact) mass is 413 g/mol. The van der Waals surface area contributed by atoms with Crippen LogP contribution in [-0.2, 0) is 11.3 Å². The highest BCUT2D eigenvalue weighted by molar-refractivity contribution is 7.18. The van der Waals surface area contributed by atoms with Crippen molar-refractivity contribution in [3.63, 3.8) is 0 Å². The van der Waals surface area contributed by atoms with Gasteiger partial charge in [0.1, 0.15) is 17.2 Å². The number of hydrogen-bond acceptors (Lipinski definition) is 5. The lowest BCUT2D eigenvalue weighted by Gasteiger charge is -2.15. The fourth-order valence-corrected chi connectivity index (χ4v) is 4.69. The maximum atomic E-state index is 13.0. The molecule has 3 heterocycles. The van der Waals surface area contributed by atoms with Gasteiger partial charge in [-0.3, -0.25) is 14.2 Å². The zero-order valence-corrected chi connectivity index (χ0v) is 16.5. The summed E-state index contributed by atoms with van der Waals surface area (Å²) in [6.45, 7) is 1.68. The number of rotatable bonds is 5. The molecule has 3 aromatic heterocycles. The second-order valence-electron chi connectivity index (χ2n) is 6.33. The lowest BCUT2D eigenvalue weighted by molar-refractivity contribution is -0.122. The third-order valence-corrected chi connectivity index (χ3v) is 6.20. The zero-order valence-electron chi connectivity index (χ0n) is 14.9.